The van der Waals surface area contributed by atoms with Gasteiger partial charge in [-0.25, -0.2) is 0 Å². The van der Waals surface area contributed by atoms with E-state index >= 15 is 0 Å². The Balaban J connectivity index is 2.41. The first-order valence-corrected chi connectivity index (χ1v) is 6.01. The Labute approximate surface area is 104 Å². The van der Waals surface area contributed by atoms with Crippen molar-refractivity contribution in [1.29, 1.82) is 0 Å². The minimum Gasteiger partial charge on any atom is -0.0792 e. The van der Waals surface area contributed by atoms with E-state index in [1.165, 1.54) is 27.8 Å². The monoisotopic (exact) mass is 222 g/mol. The summed E-state index contributed by atoms with van der Waals surface area (Å²) in [5.74, 6) is 0. The SMILES string of the molecule is CC=C(c1ccc(C)cc1)c1ccc(C)cc1. The summed E-state index contributed by atoms with van der Waals surface area (Å²) in [4.78, 5) is 0. The molecule has 2 rings (SSSR count). The predicted molar refractivity (Wildman–Crippen MR) is 75.1 cm³/mol. The van der Waals surface area contributed by atoms with E-state index in [9.17, 15) is 0 Å². The standard InChI is InChI=1S/C17H18/c1-4-17(15-9-5-13(2)6-10-15)16-11-7-14(3)8-12-16/h4-12H,1-3H3. The molecule has 0 unspecified atom stereocenters. The molecular formula is C17H18. The zero-order valence-electron chi connectivity index (χ0n) is 10.7. The lowest BCUT2D eigenvalue weighted by molar-refractivity contribution is 1.42. The van der Waals surface area contributed by atoms with Crippen LogP contribution in [0.1, 0.15) is 29.2 Å². The molecule has 0 saturated heterocycles. The van der Waals surface area contributed by atoms with E-state index in [0.29, 0.717) is 0 Å². The maximum Gasteiger partial charge on any atom is -0.0154 e. The maximum atomic E-state index is 2.19. The molecule has 0 saturated carbocycles. The van der Waals surface area contributed by atoms with Crippen LogP contribution in [0.4, 0.5) is 0 Å². The van der Waals surface area contributed by atoms with Crippen LogP contribution in [-0.4, -0.2) is 0 Å². The van der Waals surface area contributed by atoms with Gasteiger partial charge in [-0.05, 0) is 37.5 Å². The van der Waals surface area contributed by atoms with Crippen molar-refractivity contribution in [3.8, 4) is 0 Å². The normalized spacial score (nSPS) is 10.1. The number of benzene rings is 2. The molecule has 0 N–H and O–H groups in total. The molecule has 0 bridgehead atoms. The van der Waals surface area contributed by atoms with Gasteiger partial charge in [-0.15, -0.1) is 0 Å². The molecule has 0 aromatic heterocycles. The Morgan fingerprint density at radius 3 is 1.35 bits per heavy atom. The second-order valence-electron chi connectivity index (χ2n) is 4.43. The predicted octanol–water partition coefficient (Wildman–Crippen LogP) is 4.76. The Hall–Kier alpha value is -1.82. The van der Waals surface area contributed by atoms with Gasteiger partial charge in [-0.3, -0.25) is 0 Å². The summed E-state index contributed by atoms with van der Waals surface area (Å²) in [6.07, 6.45) is 2.18. The van der Waals surface area contributed by atoms with E-state index in [1.807, 2.05) is 0 Å². The number of allylic oxidation sites excluding steroid dienone is 1. The second-order valence-corrected chi connectivity index (χ2v) is 4.43. The third kappa shape index (κ3) is 2.65. The van der Waals surface area contributed by atoms with E-state index in [1.54, 1.807) is 0 Å². The van der Waals surface area contributed by atoms with E-state index in [0.717, 1.165) is 0 Å². The van der Waals surface area contributed by atoms with Gasteiger partial charge in [0, 0.05) is 0 Å². The van der Waals surface area contributed by atoms with Crippen molar-refractivity contribution in [2.24, 2.45) is 0 Å². The van der Waals surface area contributed by atoms with Crippen LogP contribution in [0.15, 0.2) is 54.6 Å². The Bertz CT molecular complexity index is 465. The highest BCUT2D eigenvalue weighted by Crippen LogP contribution is 2.23. The molecule has 0 spiro atoms. The number of rotatable bonds is 2. The fourth-order valence-corrected chi connectivity index (χ4v) is 1.97. The van der Waals surface area contributed by atoms with Gasteiger partial charge >= 0.3 is 0 Å². The lowest BCUT2D eigenvalue weighted by atomic mass is 9.96. The van der Waals surface area contributed by atoms with Crippen molar-refractivity contribution in [3.05, 3.63) is 76.9 Å². The van der Waals surface area contributed by atoms with Crippen molar-refractivity contribution in [2.45, 2.75) is 20.8 Å². The summed E-state index contributed by atoms with van der Waals surface area (Å²) < 4.78 is 0. The fraction of sp³-hybridized carbons (Fsp3) is 0.176. The molecule has 86 valence electrons. The second kappa shape index (κ2) is 5.01. The minimum absolute atomic E-state index is 1.28. The van der Waals surface area contributed by atoms with E-state index in [2.05, 4.69) is 75.4 Å². The van der Waals surface area contributed by atoms with Gasteiger partial charge in [-0.2, -0.15) is 0 Å². The van der Waals surface area contributed by atoms with Crippen LogP contribution in [0.3, 0.4) is 0 Å². The topological polar surface area (TPSA) is 0 Å². The quantitative estimate of drug-likeness (QED) is 0.687. The number of aryl methyl sites for hydroxylation is 2. The summed E-state index contributed by atoms with van der Waals surface area (Å²) in [5.41, 5.74) is 6.45. The lowest BCUT2D eigenvalue weighted by Crippen LogP contribution is -1.88. The largest absolute Gasteiger partial charge is 0.0792 e. The van der Waals surface area contributed by atoms with Gasteiger partial charge in [0.2, 0.25) is 0 Å². The molecule has 0 atom stereocenters. The summed E-state index contributed by atoms with van der Waals surface area (Å²) >= 11 is 0. The highest BCUT2D eigenvalue weighted by atomic mass is 14.1. The lowest BCUT2D eigenvalue weighted by Gasteiger charge is -2.08. The molecule has 2 aromatic carbocycles. The zero-order valence-corrected chi connectivity index (χ0v) is 10.7. The van der Waals surface area contributed by atoms with Gasteiger partial charge < -0.3 is 0 Å². The van der Waals surface area contributed by atoms with Crippen LogP contribution in [0.25, 0.3) is 5.57 Å². The molecule has 2 aromatic rings. The molecule has 0 nitrogen and oxygen atoms in total. The molecule has 0 heterocycles. The van der Waals surface area contributed by atoms with Crippen LogP contribution >= 0.6 is 0 Å². The number of hydrogen-bond donors (Lipinski definition) is 0. The molecule has 0 radical (unpaired) electrons. The van der Waals surface area contributed by atoms with Gasteiger partial charge in [0.05, 0.1) is 0 Å². The van der Waals surface area contributed by atoms with Gasteiger partial charge in [0.1, 0.15) is 0 Å². The highest BCUT2D eigenvalue weighted by Gasteiger charge is 2.03. The van der Waals surface area contributed by atoms with Crippen LogP contribution < -0.4 is 0 Å². The summed E-state index contributed by atoms with van der Waals surface area (Å²) in [7, 11) is 0. The molecule has 0 aliphatic rings. The van der Waals surface area contributed by atoms with E-state index in [-0.39, 0.29) is 0 Å². The van der Waals surface area contributed by atoms with Crippen molar-refractivity contribution >= 4 is 5.57 Å². The van der Waals surface area contributed by atoms with Crippen LogP contribution in [0.5, 0.6) is 0 Å². The van der Waals surface area contributed by atoms with Crippen LogP contribution in [0.2, 0.25) is 0 Å². The maximum absolute atomic E-state index is 2.19. The first-order valence-electron chi connectivity index (χ1n) is 6.01. The van der Waals surface area contributed by atoms with Crippen molar-refractivity contribution < 1.29 is 0 Å². The zero-order chi connectivity index (χ0) is 12.3. The van der Waals surface area contributed by atoms with Crippen molar-refractivity contribution in [2.75, 3.05) is 0 Å². The third-order valence-electron chi connectivity index (χ3n) is 3.01. The van der Waals surface area contributed by atoms with Crippen molar-refractivity contribution in [3.63, 3.8) is 0 Å². The van der Waals surface area contributed by atoms with Gasteiger partial charge in [0.25, 0.3) is 0 Å². The first kappa shape index (κ1) is 11.7. The summed E-state index contributed by atoms with van der Waals surface area (Å²) in [5, 5.41) is 0. The molecule has 0 heteroatoms. The van der Waals surface area contributed by atoms with Crippen molar-refractivity contribution in [1.82, 2.24) is 0 Å². The average molecular weight is 222 g/mol. The average Bonchev–Trinajstić information content (AvgIpc) is 2.35. The molecule has 0 aliphatic carbocycles. The Morgan fingerprint density at radius 1 is 0.706 bits per heavy atom. The molecule has 0 aliphatic heterocycles. The van der Waals surface area contributed by atoms with E-state index in [4.69, 9.17) is 0 Å². The Kier molecular flexibility index (Phi) is 3.43. The summed E-state index contributed by atoms with van der Waals surface area (Å²) in [6, 6.07) is 17.4. The van der Waals surface area contributed by atoms with Crippen LogP contribution in [-0.2, 0) is 0 Å². The first-order chi connectivity index (χ1) is 8.20. The molecule has 0 fully saturated rings. The van der Waals surface area contributed by atoms with Gasteiger partial charge in [0.15, 0.2) is 0 Å². The molecular weight excluding hydrogens is 204 g/mol. The molecule has 0 amide bonds. The smallest absolute Gasteiger partial charge is 0.0154 e. The van der Waals surface area contributed by atoms with E-state index < -0.39 is 0 Å². The fourth-order valence-electron chi connectivity index (χ4n) is 1.97. The van der Waals surface area contributed by atoms with Gasteiger partial charge in [-0.1, -0.05) is 65.7 Å². The highest BCUT2D eigenvalue weighted by molar-refractivity contribution is 5.79. The summed E-state index contributed by atoms with van der Waals surface area (Å²) in [6.45, 7) is 6.32. The third-order valence-corrected chi connectivity index (χ3v) is 3.01. The number of hydrogen-bond acceptors (Lipinski definition) is 0. The minimum atomic E-state index is 1.28. The van der Waals surface area contributed by atoms with Crippen LogP contribution in [0, 0.1) is 13.8 Å². The molecule has 17 heavy (non-hydrogen) atoms. The Morgan fingerprint density at radius 2 is 1.06 bits per heavy atom.